The van der Waals surface area contributed by atoms with Crippen molar-refractivity contribution in [3.63, 3.8) is 0 Å². The van der Waals surface area contributed by atoms with Gasteiger partial charge in [-0.25, -0.2) is 0 Å². The number of fused-ring (bicyclic) bond motifs is 1. The van der Waals surface area contributed by atoms with E-state index in [0.29, 0.717) is 24.7 Å². The summed E-state index contributed by atoms with van der Waals surface area (Å²) >= 11 is 0. The van der Waals surface area contributed by atoms with Gasteiger partial charge in [-0.1, -0.05) is 49.6 Å². The molecular formula is C24H39N3O2. The van der Waals surface area contributed by atoms with E-state index < -0.39 is 6.10 Å². The molecule has 1 aromatic carbocycles. The lowest BCUT2D eigenvalue weighted by atomic mass is 9.68. The number of carbonyl (C=O) groups excluding carboxylic acids is 1. The van der Waals surface area contributed by atoms with Crippen molar-refractivity contribution in [1.29, 1.82) is 0 Å². The van der Waals surface area contributed by atoms with Crippen molar-refractivity contribution in [2.75, 3.05) is 0 Å². The Kier molecular flexibility index (Phi) is 7.36. The lowest BCUT2D eigenvalue weighted by Gasteiger charge is -2.46. The molecule has 5 N–H and O–H groups in total. The van der Waals surface area contributed by atoms with E-state index in [-0.39, 0.29) is 29.6 Å². The third-order valence-electron chi connectivity index (χ3n) is 6.56. The molecule has 1 aromatic rings. The Morgan fingerprint density at radius 3 is 2.62 bits per heavy atom. The van der Waals surface area contributed by atoms with Gasteiger partial charge in [0.1, 0.15) is 0 Å². The van der Waals surface area contributed by atoms with Crippen LogP contribution in [0.3, 0.4) is 0 Å². The number of nitrogens with two attached hydrogens (primary N) is 1. The number of aliphatic hydroxyl groups is 1. The fourth-order valence-electron chi connectivity index (χ4n) is 5.15. The van der Waals surface area contributed by atoms with Gasteiger partial charge in [0.25, 0.3) is 0 Å². The summed E-state index contributed by atoms with van der Waals surface area (Å²) in [6.07, 6.45) is 6.44. The fraction of sp³-hybridized carbons (Fsp3) is 0.708. The van der Waals surface area contributed by atoms with Crippen molar-refractivity contribution >= 4 is 5.91 Å². The van der Waals surface area contributed by atoms with Crippen LogP contribution in [0.5, 0.6) is 0 Å². The minimum Gasteiger partial charge on any atom is -0.391 e. The molecule has 1 saturated carbocycles. The maximum atomic E-state index is 12.8. The zero-order chi connectivity index (χ0) is 21.0. The third kappa shape index (κ3) is 6.27. The molecule has 29 heavy (non-hydrogen) atoms. The second kappa shape index (κ2) is 9.59. The van der Waals surface area contributed by atoms with Gasteiger partial charge in [0.15, 0.2) is 0 Å². The smallest absolute Gasteiger partial charge is 0.237 e. The molecule has 1 heterocycles. The normalized spacial score (nSPS) is 29.6. The molecule has 1 aliphatic carbocycles. The second-order valence-corrected chi connectivity index (χ2v) is 10.2. The molecular weight excluding hydrogens is 362 g/mol. The number of hydrogen-bond acceptors (Lipinski definition) is 4. The molecule has 1 amide bonds. The highest BCUT2D eigenvalue weighted by Gasteiger charge is 2.42. The molecule has 0 aromatic heterocycles. The van der Waals surface area contributed by atoms with E-state index in [1.54, 1.807) is 0 Å². The number of hydrogen-bond donors (Lipinski definition) is 4. The molecule has 5 heteroatoms. The van der Waals surface area contributed by atoms with Crippen molar-refractivity contribution in [2.45, 2.75) is 95.5 Å². The molecule has 1 aliphatic heterocycles. The molecule has 1 saturated heterocycles. The molecule has 1 unspecified atom stereocenters. The van der Waals surface area contributed by atoms with Crippen LogP contribution in [-0.4, -0.2) is 40.8 Å². The topological polar surface area (TPSA) is 87.4 Å². The molecule has 2 aliphatic rings. The average Bonchev–Trinajstić information content (AvgIpc) is 2.67. The highest BCUT2D eigenvalue weighted by Crippen LogP contribution is 2.40. The van der Waals surface area contributed by atoms with Crippen LogP contribution in [0.25, 0.3) is 0 Å². The van der Waals surface area contributed by atoms with Crippen LogP contribution < -0.4 is 16.4 Å². The Balaban J connectivity index is 1.65. The Bertz CT molecular complexity index is 658. The van der Waals surface area contributed by atoms with Crippen LogP contribution in [0.15, 0.2) is 30.3 Å². The quantitative estimate of drug-likeness (QED) is 0.590. The zero-order valence-corrected chi connectivity index (χ0v) is 18.2. The molecule has 0 spiro atoms. The summed E-state index contributed by atoms with van der Waals surface area (Å²) in [4.78, 5) is 12.8. The van der Waals surface area contributed by atoms with Crippen molar-refractivity contribution in [3.05, 3.63) is 35.9 Å². The standard InChI is InChI=1S/C24H39N3O2/c1-24(2,3)27-23(29)21-14-17-11-7-8-12-18(17)20(26-21)15-22(28)19(25)13-16-9-5-4-6-10-16/h4-6,9-10,17-22,26,28H,7-8,11-15,25H2,1-3H3,(H,27,29)/t17-,18-,19-,20?,21-,22+/m0/s1. The highest BCUT2D eigenvalue weighted by molar-refractivity contribution is 5.82. The molecule has 2 fully saturated rings. The molecule has 0 bridgehead atoms. The number of aliphatic hydroxyl groups excluding tert-OH is 1. The minimum atomic E-state index is -0.584. The van der Waals surface area contributed by atoms with E-state index in [9.17, 15) is 9.90 Å². The summed E-state index contributed by atoms with van der Waals surface area (Å²) < 4.78 is 0. The number of benzene rings is 1. The Labute approximate surface area is 175 Å². The maximum absolute atomic E-state index is 12.8. The van der Waals surface area contributed by atoms with Crippen LogP contribution in [0.1, 0.15) is 64.9 Å². The van der Waals surface area contributed by atoms with E-state index in [1.807, 2.05) is 39.0 Å². The molecule has 6 atom stereocenters. The highest BCUT2D eigenvalue weighted by atomic mass is 16.3. The lowest BCUT2D eigenvalue weighted by molar-refractivity contribution is -0.127. The molecule has 162 valence electrons. The van der Waals surface area contributed by atoms with Crippen molar-refractivity contribution in [2.24, 2.45) is 17.6 Å². The van der Waals surface area contributed by atoms with Gasteiger partial charge in [-0.05, 0) is 63.9 Å². The van der Waals surface area contributed by atoms with Gasteiger partial charge >= 0.3 is 0 Å². The lowest BCUT2D eigenvalue weighted by Crippen LogP contribution is -2.60. The summed E-state index contributed by atoms with van der Waals surface area (Å²) in [5.74, 6) is 1.17. The van der Waals surface area contributed by atoms with Gasteiger partial charge in [0, 0.05) is 17.6 Å². The van der Waals surface area contributed by atoms with E-state index in [0.717, 1.165) is 12.0 Å². The van der Waals surface area contributed by atoms with Crippen LogP contribution >= 0.6 is 0 Å². The summed E-state index contributed by atoms with van der Waals surface area (Å²) in [5, 5.41) is 17.6. The van der Waals surface area contributed by atoms with Gasteiger partial charge in [-0.15, -0.1) is 0 Å². The third-order valence-corrected chi connectivity index (χ3v) is 6.56. The van der Waals surface area contributed by atoms with E-state index in [4.69, 9.17) is 5.73 Å². The number of piperidine rings is 1. The monoisotopic (exact) mass is 401 g/mol. The average molecular weight is 402 g/mol. The maximum Gasteiger partial charge on any atom is 0.237 e. The van der Waals surface area contributed by atoms with Gasteiger partial charge in [-0.2, -0.15) is 0 Å². The Morgan fingerprint density at radius 2 is 1.93 bits per heavy atom. The van der Waals surface area contributed by atoms with E-state index in [1.165, 1.54) is 25.7 Å². The van der Waals surface area contributed by atoms with Crippen LogP contribution in [0.2, 0.25) is 0 Å². The number of carbonyl (C=O) groups is 1. The van der Waals surface area contributed by atoms with Crippen molar-refractivity contribution < 1.29 is 9.90 Å². The van der Waals surface area contributed by atoms with Crippen LogP contribution in [-0.2, 0) is 11.2 Å². The molecule has 0 radical (unpaired) electrons. The predicted octanol–water partition coefficient (Wildman–Crippen LogP) is 2.76. The first-order valence-electron chi connectivity index (χ1n) is 11.3. The Morgan fingerprint density at radius 1 is 1.24 bits per heavy atom. The first-order chi connectivity index (χ1) is 13.7. The largest absolute Gasteiger partial charge is 0.391 e. The first-order valence-corrected chi connectivity index (χ1v) is 11.3. The summed E-state index contributed by atoms with van der Waals surface area (Å²) in [7, 11) is 0. The van der Waals surface area contributed by atoms with Crippen molar-refractivity contribution in [3.8, 4) is 0 Å². The van der Waals surface area contributed by atoms with Gasteiger partial charge in [0.05, 0.1) is 12.1 Å². The van der Waals surface area contributed by atoms with Gasteiger partial charge < -0.3 is 21.5 Å². The zero-order valence-electron chi connectivity index (χ0n) is 18.2. The number of rotatable bonds is 6. The van der Waals surface area contributed by atoms with Crippen molar-refractivity contribution in [1.82, 2.24) is 10.6 Å². The SMILES string of the molecule is CC(C)(C)NC(=O)[C@@H]1C[C@@H]2CCCC[C@@H]2C(C[C@@H](O)[C@@H](N)Cc2ccccc2)N1. The van der Waals surface area contributed by atoms with Gasteiger partial charge in [0.2, 0.25) is 5.91 Å². The van der Waals surface area contributed by atoms with E-state index in [2.05, 4.69) is 22.8 Å². The summed E-state index contributed by atoms with van der Waals surface area (Å²) in [5.41, 5.74) is 7.26. The molecule has 5 nitrogen and oxygen atoms in total. The fourth-order valence-corrected chi connectivity index (χ4v) is 5.15. The van der Waals surface area contributed by atoms with Gasteiger partial charge in [-0.3, -0.25) is 4.79 Å². The summed E-state index contributed by atoms with van der Waals surface area (Å²) in [6.45, 7) is 6.04. The Hall–Kier alpha value is -1.43. The minimum absolute atomic E-state index is 0.0783. The van der Waals surface area contributed by atoms with Crippen LogP contribution in [0, 0.1) is 11.8 Å². The number of amides is 1. The van der Waals surface area contributed by atoms with Crippen LogP contribution in [0.4, 0.5) is 0 Å². The molecule has 3 rings (SSSR count). The first kappa shape index (κ1) is 22.3. The van der Waals surface area contributed by atoms with E-state index >= 15 is 0 Å². The predicted molar refractivity (Wildman–Crippen MR) is 117 cm³/mol. The number of nitrogens with one attached hydrogen (secondary N) is 2. The summed E-state index contributed by atoms with van der Waals surface area (Å²) in [6, 6.07) is 9.75. The second-order valence-electron chi connectivity index (χ2n) is 10.2.